The number of nitrogens with zero attached hydrogens (tertiary/aromatic N) is 2. The lowest BCUT2D eigenvalue weighted by Crippen LogP contribution is -2.32. The van der Waals surface area contributed by atoms with Crippen molar-refractivity contribution >= 4 is 17.5 Å². The van der Waals surface area contributed by atoms with Crippen molar-refractivity contribution in [3.05, 3.63) is 5.69 Å². The lowest BCUT2D eigenvalue weighted by atomic mass is 10.4. The van der Waals surface area contributed by atoms with Gasteiger partial charge < -0.3 is 10.6 Å². The average Bonchev–Trinajstić information content (AvgIpc) is 2.83. The van der Waals surface area contributed by atoms with Gasteiger partial charge in [-0.3, -0.25) is 10.4 Å². The Morgan fingerprint density at radius 1 is 1.53 bits per heavy atom. The zero-order valence-corrected chi connectivity index (χ0v) is 8.71. The highest BCUT2D eigenvalue weighted by molar-refractivity contribution is 5.91. The zero-order chi connectivity index (χ0) is 10.8. The Labute approximate surface area is 87.8 Å². The minimum absolute atomic E-state index is 0.120. The Morgan fingerprint density at radius 2 is 2.20 bits per heavy atom. The smallest absolute Gasteiger partial charge is 0.323 e. The highest BCUT2D eigenvalue weighted by Gasteiger charge is 2.19. The second kappa shape index (κ2) is 3.80. The maximum Gasteiger partial charge on any atom is 0.323 e. The molecule has 0 radical (unpaired) electrons. The van der Waals surface area contributed by atoms with Crippen molar-refractivity contribution in [1.29, 1.82) is 0 Å². The molecule has 0 bridgehead atoms. The van der Waals surface area contributed by atoms with Crippen LogP contribution in [-0.2, 0) is 0 Å². The fraction of sp³-hybridized carbons (Fsp3) is 0.556. The van der Waals surface area contributed by atoms with Gasteiger partial charge in [0.05, 0.1) is 11.4 Å². The van der Waals surface area contributed by atoms with E-state index in [0.29, 0.717) is 11.5 Å². The molecule has 4 N–H and O–H groups in total. The number of hydrogen-bond acceptors (Lipinski definition) is 3. The summed E-state index contributed by atoms with van der Waals surface area (Å²) in [6.07, 6.45) is 2.14. The first-order chi connectivity index (χ1) is 7.18. The maximum atomic E-state index is 11.7. The lowest BCUT2D eigenvalue weighted by molar-refractivity contribution is 0.222. The van der Waals surface area contributed by atoms with Gasteiger partial charge in [-0.05, 0) is 19.8 Å². The number of rotatable bonds is 1. The predicted octanol–water partition coefficient (Wildman–Crippen LogP) is 0.928. The minimum Gasteiger partial charge on any atom is -0.394 e. The van der Waals surface area contributed by atoms with Crippen LogP contribution < -0.4 is 11.1 Å². The standard InChI is InChI=1S/C9H15N5O/c1-6-7(10)8(13-12-6)11-9(15)14-4-2-3-5-14/h2-5,10H2,1H3,(H2,11,12,13,15). The van der Waals surface area contributed by atoms with Gasteiger partial charge in [-0.2, -0.15) is 5.10 Å². The number of urea groups is 1. The fourth-order valence-corrected chi connectivity index (χ4v) is 1.63. The van der Waals surface area contributed by atoms with E-state index in [-0.39, 0.29) is 6.03 Å². The van der Waals surface area contributed by atoms with E-state index in [2.05, 4.69) is 15.5 Å². The van der Waals surface area contributed by atoms with Gasteiger partial charge in [-0.25, -0.2) is 4.79 Å². The van der Waals surface area contributed by atoms with Crippen LogP contribution in [0.4, 0.5) is 16.3 Å². The molecule has 0 saturated carbocycles. The van der Waals surface area contributed by atoms with Crippen LogP contribution in [0.2, 0.25) is 0 Å². The van der Waals surface area contributed by atoms with Crippen molar-refractivity contribution in [2.24, 2.45) is 0 Å². The largest absolute Gasteiger partial charge is 0.394 e. The Morgan fingerprint density at radius 3 is 2.73 bits per heavy atom. The third kappa shape index (κ3) is 1.88. The van der Waals surface area contributed by atoms with Crippen molar-refractivity contribution in [3.63, 3.8) is 0 Å². The molecule has 15 heavy (non-hydrogen) atoms. The maximum absolute atomic E-state index is 11.7. The SMILES string of the molecule is Cc1[nH]nc(NC(=O)N2CCCC2)c1N. The van der Waals surface area contributed by atoms with Gasteiger partial charge in [0.2, 0.25) is 0 Å². The summed E-state index contributed by atoms with van der Waals surface area (Å²) in [5.74, 6) is 0.421. The average molecular weight is 209 g/mol. The number of anilines is 2. The highest BCUT2D eigenvalue weighted by Crippen LogP contribution is 2.19. The Hall–Kier alpha value is -1.72. The Kier molecular flexibility index (Phi) is 2.49. The van der Waals surface area contributed by atoms with Crippen LogP contribution in [0.1, 0.15) is 18.5 Å². The van der Waals surface area contributed by atoms with Crippen LogP contribution in [0.15, 0.2) is 0 Å². The summed E-state index contributed by atoms with van der Waals surface area (Å²) in [5.41, 5.74) is 7.00. The number of carbonyl (C=O) groups excluding carboxylic acids is 1. The number of nitrogen functional groups attached to an aromatic ring is 1. The summed E-state index contributed by atoms with van der Waals surface area (Å²) in [5, 5.41) is 9.34. The summed E-state index contributed by atoms with van der Waals surface area (Å²) in [6, 6.07) is -0.120. The van der Waals surface area contributed by atoms with Crippen LogP contribution in [0.3, 0.4) is 0 Å². The number of aromatic amines is 1. The topological polar surface area (TPSA) is 87.0 Å². The zero-order valence-electron chi connectivity index (χ0n) is 8.71. The number of nitrogens with two attached hydrogens (primary N) is 1. The van der Waals surface area contributed by atoms with E-state index in [4.69, 9.17) is 5.73 Å². The van der Waals surface area contributed by atoms with Gasteiger partial charge in [0, 0.05) is 13.1 Å². The second-order valence-electron chi connectivity index (χ2n) is 3.74. The van der Waals surface area contributed by atoms with E-state index in [1.807, 2.05) is 6.92 Å². The summed E-state index contributed by atoms with van der Waals surface area (Å²) >= 11 is 0. The molecule has 0 atom stereocenters. The highest BCUT2D eigenvalue weighted by atomic mass is 16.2. The molecule has 1 fully saturated rings. The molecule has 2 rings (SSSR count). The molecule has 1 saturated heterocycles. The first-order valence-corrected chi connectivity index (χ1v) is 5.05. The van der Waals surface area contributed by atoms with Crippen molar-refractivity contribution in [2.75, 3.05) is 24.1 Å². The van der Waals surface area contributed by atoms with Gasteiger partial charge in [0.1, 0.15) is 0 Å². The molecule has 1 aliphatic heterocycles. The molecule has 6 nitrogen and oxygen atoms in total. The number of likely N-dealkylation sites (tertiary alicyclic amines) is 1. The van der Waals surface area contributed by atoms with Crippen molar-refractivity contribution in [3.8, 4) is 0 Å². The molecular formula is C9H15N5O. The number of carbonyl (C=O) groups is 1. The third-order valence-corrected chi connectivity index (χ3v) is 2.61. The first-order valence-electron chi connectivity index (χ1n) is 5.05. The predicted molar refractivity (Wildman–Crippen MR) is 57.6 cm³/mol. The van der Waals surface area contributed by atoms with Crippen LogP contribution in [0.25, 0.3) is 0 Å². The van der Waals surface area contributed by atoms with E-state index in [1.165, 1.54) is 0 Å². The number of H-pyrrole nitrogens is 1. The molecule has 82 valence electrons. The van der Waals surface area contributed by atoms with Crippen molar-refractivity contribution < 1.29 is 4.79 Å². The number of aryl methyl sites for hydroxylation is 1. The van der Waals surface area contributed by atoms with Gasteiger partial charge in [0.25, 0.3) is 0 Å². The van der Waals surface area contributed by atoms with Gasteiger partial charge >= 0.3 is 6.03 Å². The monoisotopic (exact) mass is 209 g/mol. The number of amides is 2. The molecule has 1 aromatic rings. The molecular weight excluding hydrogens is 194 g/mol. The number of hydrogen-bond donors (Lipinski definition) is 3. The Bertz CT molecular complexity index is 367. The van der Waals surface area contributed by atoms with E-state index >= 15 is 0 Å². The summed E-state index contributed by atoms with van der Waals surface area (Å²) in [6.45, 7) is 3.44. The van der Waals surface area contributed by atoms with Crippen LogP contribution in [0, 0.1) is 6.92 Å². The molecule has 1 aromatic heterocycles. The molecule has 0 aromatic carbocycles. The van der Waals surface area contributed by atoms with Crippen LogP contribution >= 0.6 is 0 Å². The van der Waals surface area contributed by atoms with E-state index in [9.17, 15) is 4.79 Å². The third-order valence-electron chi connectivity index (χ3n) is 2.61. The van der Waals surface area contributed by atoms with Gasteiger partial charge in [0.15, 0.2) is 5.82 Å². The van der Waals surface area contributed by atoms with E-state index in [1.54, 1.807) is 4.90 Å². The molecule has 6 heteroatoms. The van der Waals surface area contributed by atoms with Crippen LogP contribution in [0.5, 0.6) is 0 Å². The molecule has 0 spiro atoms. The molecule has 1 aliphatic rings. The number of nitrogens with one attached hydrogen (secondary N) is 2. The number of aromatic nitrogens is 2. The van der Waals surface area contributed by atoms with Crippen molar-refractivity contribution in [2.45, 2.75) is 19.8 Å². The molecule has 2 amide bonds. The normalized spacial score (nSPS) is 15.7. The Balaban J connectivity index is 2.02. The van der Waals surface area contributed by atoms with E-state index in [0.717, 1.165) is 31.6 Å². The second-order valence-corrected chi connectivity index (χ2v) is 3.74. The first kappa shape index (κ1) is 9.82. The molecule has 2 heterocycles. The summed E-state index contributed by atoms with van der Waals surface area (Å²) < 4.78 is 0. The molecule has 0 aliphatic carbocycles. The van der Waals surface area contributed by atoms with Crippen molar-refractivity contribution in [1.82, 2.24) is 15.1 Å². The lowest BCUT2D eigenvalue weighted by Gasteiger charge is -2.14. The fourth-order valence-electron chi connectivity index (χ4n) is 1.63. The summed E-state index contributed by atoms with van der Waals surface area (Å²) in [4.78, 5) is 13.4. The van der Waals surface area contributed by atoms with Gasteiger partial charge in [-0.15, -0.1) is 0 Å². The van der Waals surface area contributed by atoms with Crippen LogP contribution in [-0.4, -0.2) is 34.2 Å². The van der Waals surface area contributed by atoms with Gasteiger partial charge in [-0.1, -0.05) is 0 Å². The quantitative estimate of drug-likeness (QED) is 0.643. The molecule has 0 unspecified atom stereocenters. The van der Waals surface area contributed by atoms with E-state index < -0.39 is 0 Å². The minimum atomic E-state index is -0.120. The summed E-state index contributed by atoms with van der Waals surface area (Å²) in [7, 11) is 0.